The summed E-state index contributed by atoms with van der Waals surface area (Å²) in [4.78, 5) is 20.0. The van der Waals surface area contributed by atoms with Crippen molar-refractivity contribution in [2.45, 2.75) is 51.2 Å². The highest BCUT2D eigenvalue weighted by Crippen LogP contribution is 2.43. The van der Waals surface area contributed by atoms with Gasteiger partial charge in [0.1, 0.15) is 0 Å². The minimum Gasteiger partial charge on any atom is -0.352 e. The molecule has 4 nitrogen and oxygen atoms in total. The maximum absolute atomic E-state index is 12.3. The topological polar surface area (TPSA) is 45.2 Å². The Kier molecular flexibility index (Phi) is 6.58. The predicted molar refractivity (Wildman–Crippen MR) is 150 cm³/mol. The summed E-state index contributed by atoms with van der Waals surface area (Å²) in [7, 11) is 0. The third-order valence-electron chi connectivity index (χ3n) is 7.92. The molecule has 0 aliphatic carbocycles. The fourth-order valence-corrected chi connectivity index (χ4v) is 6.18. The molecule has 2 saturated heterocycles. The van der Waals surface area contributed by atoms with Crippen LogP contribution in [0.25, 0.3) is 16.5 Å². The highest BCUT2D eigenvalue weighted by Gasteiger charge is 2.39. The number of pyridine rings is 1. The molecule has 3 aromatic carbocycles. The van der Waals surface area contributed by atoms with Crippen molar-refractivity contribution < 1.29 is 4.79 Å². The number of nitrogens with one attached hydrogen (secondary N) is 1. The molecule has 2 unspecified atom stereocenters. The first kappa shape index (κ1) is 23.6. The van der Waals surface area contributed by atoms with Crippen molar-refractivity contribution in [3.8, 4) is 0 Å². The van der Waals surface area contributed by atoms with Crippen LogP contribution in [0.2, 0.25) is 0 Å². The Balaban J connectivity index is 1.30. The molecule has 1 amide bonds. The van der Waals surface area contributed by atoms with Gasteiger partial charge in [-0.3, -0.25) is 14.7 Å². The highest BCUT2D eigenvalue weighted by atomic mass is 16.1. The van der Waals surface area contributed by atoms with Crippen LogP contribution in [-0.4, -0.2) is 34.4 Å². The van der Waals surface area contributed by atoms with Gasteiger partial charge in [-0.2, -0.15) is 0 Å². The largest absolute Gasteiger partial charge is 0.352 e. The summed E-state index contributed by atoms with van der Waals surface area (Å²) in [6.45, 7) is 3.49. The van der Waals surface area contributed by atoms with Gasteiger partial charge < -0.3 is 5.32 Å². The lowest BCUT2D eigenvalue weighted by Gasteiger charge is -2.37. The van der Waals surface area contributed by atoms with Gasteiger partial charge in [0, 0.05) is 36.1 Å². The Morgan fingerprint density at radius 2 is 1.46 bits per heavy atom. The molecular formula is C33H33N3O. The van der Waals surface area contributed by atoms with Crippen molar-refractivity contribution in [1.29, 1.82) is 0 Å². The maximum Gasteiger partial charge on any atom is 0.251 e. The van der Waals surface area contributed by atoms with Gasteiger partial charge in [0.05, 0.1) is 11.2 Å². The number of fused-ring (bicyclic) bond motifs is 3. The SMILES string of the molecule is CCNC(=O)c1ccc(C(=C2CC3CCC(C2)N3Cc2ccc3ccccc3n2)c2ccccc2)cc1. The Labute approximate surface area is 219 Å². The molecule has 0 radical (unpaired) electrons. The molecular weight excluding hydrogens is 454 g/mol. The van der Waals surface area contributed by atoms with E-state index in [1.807, 2.05) is 19.1 Å². The molecule has 1 N–H and O–H groups in total. The van der Waals surface area contributed by atoms with Gasteiger partial charge in [-0.05, 0) is 73.6 Å². The second kappa shape index (κ2) is 10.3. The number of para-hydroxylation sites is 1. The monoisotopic (exact) mass is 487 g/mol. The van der Waals surface area contributed by atoms with Gasteiger partial charge in [-0.25, -0.2) is 0 Å². The fraction of sp³-hybridized carbons (Fsp3) is 0.273. The number of amides is 1. The summed E-state index contributed by atoms with van der Waals surface area (Å²) in [6, 6.07) is 32.7. The molecule has 37 heavy (non-hydrogen) atoms. The van der Waals surface area contributed by atoms with Crippen LogP contribution >= 0.6 is 0 Å². The van der Waals surface area contributed by atoms with E-state index in [1.54, 1.807) is 0 Å². The molecule has 0 spiro atoms. The van der Waals surface area contributed by atoms with Crippen molar-refractivity contribution >= 4 is 22.4 Å². The van der Waals surface area contributed by atoms with E-state index >= 15 is 0 Å². The minimum atomic E-state index is -0.0170. The van der Waals surface area contributed by atoms with E-state index in [-0.39, 0.29) is 5.91 Å². The second-order valence-electron chi connectivity index (χ2n) is 10.2. The van der Waals surface area contributed by atoms with Crippen LogP contribution in [0.5, 0.6) is 0 Å². The lowest BCUT2D eigenvalue weighted by Crippen LogP contribution is -2.40. The Morgan fingerprint density at radius 1 is 0.811 bits per heavy atom. The van der Waals surface area contributed by atoms with Crippen molar-refractivity contribution in [2.75, 3.05) is 6.54 Å². The zero-order valence-corrected chi connectivity index (χ0v) is 21.4. The highest BCUT2D eigenvalue weighted by molar-refractivity contribution is 5.95. The number of rotatable bonds is 6. The van der Waals surface area contributed by atoms with Crippen LogP contribution in [-0.2, 0) is 6.54 Å². The van der Waals surface area contributed by atoms with Crippen LogP contribution < -0.4 is 5.32 Å². The minimum absolute atomic E-state index is 0.0170. The van der Waals surface area contributed by atoms with Crippen molar-refractivity contribution in [1.82, 2.24) is 15.2 Å². The fourth-order valence-electron chi connectivity index (χ4n) is 6.18. The summed E-state index contributed by atoms with van der Waals surface area (Å²) in [5.41, 5.74) is 8.27. The molecule has 3 heterocycles. The molecule has 2 atom stereocenters. The summed E-state index contributed by atoms with van der Waals surface area (Å²) in [5.74, 6) is -0.0170. The predicted octanol–water partition coefficient (Wildman–Crippen LogP) is 6.61. The first-order valence-corrected chi connectivity index (χ1v) is 13.5. The van der Waals surface area contributed by atoms with Crippen LogP contribution in [0.1, 0.15) is 59.8 Å². The Morgan fingerprint density at radius 3 is 2.19 bits per heavy atom. The van der Waals surface area contributed by atoms with Gasteiger partial charge in [0.25, 0.3) is 5.91 Å². The summed E-state index contributed by atoms with van der Waals surface area (Å²) >= 11 is 0. The maximum atomic E-state index is 12.3. The molecule has 0 saturated carbocycles. The van der Waals surface area contributed by atoms with E-state index in [2.05, 4.69) is 89.1 Å². The molecule has 1 aromatic heterocycles. The molecule has 186 valence electrons. The van der Waals surface area contributed by atoms with E-state index < -0.39 is 0 Å². The van der Waals surface area contributed by atoms with Crippen molar-refractivity contribution in [3.05, 3.63) is 119 Å². The van der Waals surface area contributed by atoms with E-state index in [4.69, 9.17) is 4.98 Å². The van der Waals surface area contributed by atoms with Crippen LogP contribution in [0.15, 0.2) is 96.6 Å². The van der Waals surface area contributed by atoms with Crippen LogP contribution in [0.4, 0.5) is 0 Å². The molecule has 2 bridgehead atoms. The number of carbonyl (C=O) groups excluding carboxylic acids is 1. The van der Waals surface area contributed by atoms with E-state index in [1.165, 1.54) is 40.5 Å². The first-order valence-electron chi connectivity index (χ1n) is 13.5. The van der Waals surface area contributed by atoms with Gasteiger partial charge in [-0.1, -0.05) is 72.3 Å². The van der Waals surface area contributed by atoms with E-state index in [0.29, 0.717) is 24.2 Å². The third-order valence-corrected chi connectivity index (χ3v) is 7.92. The Bertz CT molecular complexity index is 1430. The number of piperidine rings is 1. The average molecular weight is 488 g/mol. The van der Waals surface area contributed by atoms with Crippen molar-refractivity contribution in [3.63, 3.8) is 0 Å². The molecule has 2 fully saturated rings. The van der Waals surface area contributed by atoms with Gasteiger partial charge in [-0.15, -0.1) is 0 Å². The lowest BCUT2D eigenvalue weighted by molar-refractivity contribution is 0.0956. The number of carbonyl (C=O) groups is 1. The zero-order valence-electron chi connectivity index (χ0n) is 21.4. The summed E-state index contributed by atoms with van der Waals surface area (Å²) in [6.07, 6.45) is 4.62. The molecule has 4 heteroatoms. The normalized spacial score (nSPS) is 19.2. The smallest absolute Gasteiger partial charge is 0.251 e. The summed E-state index contributed by atoms with van der Waals surface area (Å²) < 4.78 is 0. The molecule has 2 aliphatic heterocycles. The van der Waals surface area contributed by atoms with Crippen LogP contribution in [0, 0.1) is 0 Å². The van der Waals surface area contributed by atoms with Crippen molar-refractivity contribution in [2.24, 2.45) is 0 Å². The lowest BCUT2D eigenvalue weighted by atomic mass is 9.85. The third kappa shape index (κ3) is 4.82. The molecule has 4 aromatic rings. The average Bonchev–Trinajstić information content (AvgIpc) is 3.16. The second-order valence-corrected chi connectivity index (χ2v) is 10.2. The van der Waals surface area contributed by atoms with Gasteiger partial charge in [0.2, 0.25) is 0 Å². The van der Waals surface area contributed by atoms with Gasteiger partial charge in [0.15, 0.2) is 0 Å². The Hall–Kier alpha value is -3.76. The standard InChI is InChI=1S/C33H33N3O/c1-2-34-33(37)26-14-12-25(13-15-26)32(24-9-4-3-5-10-24)27-20-29-18-19-30(21-27)36(29)22-28-17-16-23-8-6-7-11-31(23)35-28/h3-17,29-30H,2,18-22H2,1H3,(H,34,37). The quantitative estimate of drug-likeness (QED) is 0.333. The van der Waals surface area contributed by atoms with Gasteiger partial charge >= 0.3 is 0 Å². The number of aromatic nitrogens is 1. The number of hydrogen-bond donors (Lipinski definition) is 1. The number of hydrogen-bond acceptors (Lipinski definition) is 3. The number of benzene rings is 3. The van der Waals surface area contributed by atoms with E-state index in [0.717, 1.165) is 30.6 Å². The first-order chi connectivity index (χ1) is 18.2. The van der Waals surface area contributed by atoms with E-state index in [9.17, 15) is 4.79 Å². The number of nitrogens with zero attached hydrogens (tertiary/aromatic N) is 2. The molecule has 2 aliphatic rings. The zero-order chi connectivity index (χ0) is 25.2. The summed E-state index contributed by atoms with van der Waals surface area (Å²) in [5, 5.41) is 4.10. The molecule has 6 rings (SSSR count). The van der Waals surface area contributed by atoms with Crippen LogP contribution in [0.3, 0.4) is 0 Å².